The summed E-state index contributed by atoms with van der Waals surface area (Å²) in [6.45, 7) is 1.07. The number of rotatable bonds is 4. The molecule has 0 saturated heterocycles. The molecule has 0 unspecified atom stereocenters. The van der Waals surface area contributed by atoms with Gasteiger partial charge in [0.2, 0.25) is 0 Å². The molecule has 0 atom stereocenters. The normalized spacial score (nSPS) is 15.8. The number of halogens is 1. The predicted molar refractivity (Wildman–Crippen MR) is 57.8 cm³/mol. The van der Waals surface area contributed by atoms with E-state index >= 15 is 0 Å². The average molecular weight is 241 g/mol. The van der Waals surface area contributed by atoms with Crippen LogP contribution < -0.4 is 5.32 Å². The topological polar surface area (TPSA) is 24.9 Å². The average Bonchev–Trinajstić information content (AvgIpc) is 2.88. The van der Waals surface area contributed by atoms with Crippen LogP contribution in [-0.4, -0.2) is 11.5 Å². The van der Waals surface area contributed by atoms with Gasteiger partial charge in [-0.2, -0.15) is 0 Å². The molecule has 1 fully saturated rings. The Morgan fingerprint density at radius 1 is 1.46 bits per heavy atom. The minimum Gasteiger partial charge on any atom is -0.384 e. The minimum absolute atomic E-state index is 0.993. The maximum atomic E-state index is 4.09. The maximum Gasteiger partial charge on any atom is 0.0538 e. The monoisotopic (exact) mass is 240 g/mol. The summed E-state index contributed by atoms with van der Waals surface area (Å²) in [7, 11) is 0. The molecular formula is C10H13BrN2. The zero-order chi connectivity index (χ0) is 9.10. The minimum atomic E-state index is 0.993. The zero-order valence-electron chi connectivity index (χ0n) is 7.46. The van der Waals surface area contributed by atoms with Crippen LogP contribution in [0.5, 0.6) is 0 Å². The summed E-state index contributed by atoms with van der Waals surface area (Å²) < 4.78 is 1.03. The van der Waals surface area contributed by atoms with E-state index in [-0.39, 0.29) is 0 Å². The Kier molecular flexibility index (Phi) is 2.83. The fourth-order valence-corrected chi connectivity index (χ4v) is 1.70. The van der Waals surface area contributed by atoms with E-state index in [1.807, 2.05) is 6.20 Å². The Labute approximate surface area is 86.9 Å². The third kappa shape index (κ3) is 2.99. The van der Waals surface area contributed by atoms with Crippen LogP contribution >= 0.6 is 15.9 Å². The number of aromatic nitrogens is 1. The molecule has 0 aliphatic heterocycles. The summed E-state index contributed by atoms with van der Waals surface area (Å²) in [6, 6.07) is 2.06. The van der Waals surface area contributed by atoms with Gasteiger partial charge in [0.15, 0.2) is 0 Å². The SMILES string of the molecule is Brc1cncc(NCCC2CC2)c1. The second-order valence-electron chi connectivity index (χ2n) is 3.55. The van der Waals surface area contributed by atoms with Gasteiger partial charge in [-0.15, -0.1) is 0 Å². The number of pyridine rings is 1. The van der Waals surface area contributed by atoms with Gasteiger partial charge in [-0.1, -0.05) is 12.8 Å². The summed E-state index contributed by atoms with van der Waals surface area (Å²) in [4.78, 5) is 4.09. The van der Waals surface area contributed by atoms with Crippen LogP contribution in [0.2, 0.25) is 0 Å². The molecule has 2 rings (SSSR count). The molecule has 1 aromatic rings. The van der Waals surface area contributed by atoms with Gasteiger partial charge in [-0.25, -0.2) is 0 Å². The molecule has 1 aliphatic rings. The van der Waals surface area contributed by atoms with Crippen molar-refractivity contribution in [3.63, 3.8) is 0 Å². The van der Waals surface area contributed by atoms with Gasteiger partial charge in [0.25, 0.3) is 0 Å². The molecular weight excluding hydrogens is 228 g/mol. The Morgan fingerprint density at radius 2 is 2.31 bits per heavy atom. The van der Waals surface area contributed by atoms with Crippen LogP contribution in [0.4, 0.5) is 5.69 Å². The third-order valence-corrected chi connectivity index (χ3v) is 2.72. The first-order chi connectivity index (χ1) is 6.34. The number of hydrogen-bond acceptors (Lipinski definition) is 2. The lowest BCUT2D eigenvalue weighted by Crippen LogP contribution is -2.02. The van der Waals surface area contributed by atoms with Crippen molar-refractivity contribution in [3.05, 3.63) is 22.9 Å². The highest BCUT2D eigenvalue weighted by molar-refractivity contribution is 9.10. The van der Waals surface area contributed by atoms with Crippen molar-refractivity contribution in [2.24, 2.45) is 5.92 Å². The summed E-state index contributed by atoms with van der Waals surface area (Å²) >= 11 is 3.39. The smallest absolute Gasteiger partial charge is 0.0538 e. The molecule has 0 bridgehead atoms. The number of hydrogen-bond donors (Lipinski definition) is 1. The molecule has 0 amide bonds. The molecule has 1 N–H and O–H groups in total. The molecule has 1 heterocycles. The summed E-state index contributed by atoms with van der Waals surface area (Å²) in [6.07, 6.45) is 7.81. The van der Waals surface area contributed by atoms with Gasteiger partial charge in [0.1, 0.15) is 0 Å². The predicted octanol–water partition coefficient (Wildman–Crippen LogP) is 3.06. The first kappa shape index (κ1) is 9.00. The van der Waals surface area contributed by atoms with Gasteiger partial charge in [0.05, 0.1) is 11.9 Å². The standard InChI is InChI=1S/C10H13BrN2/c11-9-5-10(7-12-6-9)13-4-3-8-1-2-8/h5-8,13H,1-4H2. The summed E-state index contributed by atoms with van der Waals surface area (Å²) in [5, 5.41) is 3.36. The van der Waals surface area contributed by atoms with E-state index in [4.69, 9.17) is 0 Å². The lowest BCUT2D eigenvalue weighted by Gasteiger charge is -2.04. The van der Waals surface area contributed by atoms with Gasteiger partial charge < -0.3 is 5.32 Å². The Morgan fingerprint density at radius 3 is 3.00 bits per heavy atom. The van der Waals surface area contributed by atoms with Crippen molar-refractivity contribution in [2.45, 2.75) is 19.3 Å². The largest absolute Gasteiger partial charge is 0.384 e. The van der Waals surface area contributed by atoms with Gasteiger partial charge in [-0.3, -0.25) is 4.98 Å². The molecule has 0 radical (unpaired) electrons. The number of anilines is 1. The van der Waals surface area contributed by atoms with Crippen LogP contribution in [0.1, 0.15) is 19.3 Å². The zero-order valence-corrected chi connectivity index (χ0v) is 9.05. The van der Waals surface area contributed by atoms with E-state index in [0.717, 1.165) is 22.6 Å². The van der Waals surface area contributed by atoms with E-state index in [2.05, 4.69) is 32.3 Å². The highest BCUT2D eigenvalue weighted by Crippen LogP contribution is 2.32. The number of nitrogens with one attached hydrogen (secondary N) is 1. The third-order valence-electron chi connectivity index (χ3n) is 2.28. The highest BCUT2D eigenvalue weighted by atomic mass is 79.9. The van der Waals surface area contributed by atoms with E-state index in [1.165, 1.54) is 19.3 Å². The second kappa shape index (κ2) is 4.09. The molecule has 0 aromatic carbocycles. The van der Waals surface area contributed by atoms with E-state index < -0.39 is 0 Å². The maximum absolute atomic E-state index is 4.09. The van der Waals surface area contributed by atoms with Crippen molar-refractivity contribution in [3.8, 4) is 0 Å². The molecule has 3 heteroatoms. The Hall–Kier alpha value is -0.570. The molecule has 1 aliphatic carbocycles. The van der Waals surface area contributed by atoms with Crippen molar-refractivity contribution in [1.29, 1.82) is 0 Å². The van der Waals surface area contributed by atoms with Crippen LogP contribution in [0, 0.1) is 5.92 Å². The highest BCUT2D eigenvalue weighted by Gasteiger charge is 2.19. The van der Waals surface area contributed by atoms with Crippen LogP contribution in [0.15, 0.2) is 22.9 Å². The van der Waals surface area contributed by atoms with Crippen molar-refractivity contribution in [1.82, 2.24) is 4.98 Å². The van der Waals surface area contributed by atoms with E-state index in [9.17, 15) is 0 Å². The van der Waals surface area contributed by atoms with Crippen LogP contribution in [0.25, 0.3) is 0 Å². The van der Waals surface area contributed by atoms with Crippen molar-refractivity contribution in [2.75, 3.05) is 11.9 Å². The summed E-state index contributed by atoms with van der Waals surface area (Å²) in [5.41, 5.74) is 1.11. The van der Waals surface area contributed by atoms with Crippen LogP contribution in [0.3, 0.4) is 0 Å². The fourth-order valence-electron chi connectivity index (χ4n) is 1.34. The fraction of sp³-hybridized carbons (Fsp3) is 0.500. The number of nitrogens with zero attached hydrogens (tertiary/aromatic N) is 1. The summed E-state index contributed by atoms with van der Waals surface area (Å²) in [5.74, 6) is 0.993. The van der Waals surface area contributed by atoms with Gasteiger partial charge in [0, 0.05) is 17.2 Å². The van der Waals surface area contributed by atoms with Gasteiger partial charge in [-0.05, 0) is 34.3 Å². The lowest BCUT2D eigenvalue weighted by molar-refractivity contribution is 0.760. The first-order valence-electron chi connectivity index (χ1n) is 4.69. The Balaban J connectivity index is 1.79. The van der Waals surface area contributed by atoms with Crippen LogP contribution in [-0.2, 0) is 0 Å². The second-order valence-corrected chi connectivity index (χ2v) is 4.47. The quantitative estimate of drug-likeness (QED) is 0.876. The molecule has 0 spiro atoms. The molecule has 70 valence electrons. The lowest BCUT2D eigenvalue weighted by atomic mass is 10.3. The Bertz CT molecular complexity index is 284. The van der Waals surface area contributed by atoms with Crippen molar-refractivity contribution < 1.29 is 0 Å². The molecule has 1 aromatic heterocycles. The van der Waals surface area contributed by atoms with E-state index in [1.54, 1.807) is 6.20 Å². The molecule has 1 saturated carbocycles. The van der Waals surface area contributed by atoms with Gasteiger partial charge >= 0.3 is 0 Å². The first-order valence-corrected chi connectivity index (χ1v) is 5.48. The van der Waals surface area contributed by atoms with E-state index in [0.29, 0.717) is 0 Å². The van der Waals surface area contributed by atoms with Crippen molar-refractivity contribution >= 4 is 21.6 Å². The molecule has 2 nitrogen and oxygen atoms in total. The molecule has 13 heavy (non-hydrogen) atoms.